The maximum Gasteiger partial charge on any atom is 0.220 e. The van der Waals surface area contributed by atoms with Gasteiger partial charge in [-0.15, -0.1) is 0 Å². The van der Waals surface area contributed by atoms with Crippen molar-refractivity contribution in [2.24, 2.45) is 46.3 Å². The van der Waals surface area contributed by atoms with E-state index in [-0.39, 0.29) is 11.8 Å². The van der Waals surface area contributed by atoms with Crippen LogP contribution in [-0.2, 0) is 9.59 Å². The van der Waals surface area contributed by atoms with E-state index < -0.39 is 0 Å². The highest BCUT2D eigenvalue weighted by Gasteiger charge is 2.51. The SMILES string of the molecule is O=C(CCC12CC3CC(CC(C3)C1)C2)NCCCNCCCCNCCCNC(=O)CCC12CC3CC(CC(C3)C1)C2. The highest BCUT2D eigenvalue weighted by Crippen LogP contribution is 2.62. The summed E-state index contributed by atoms with van der Waals surface area (Å²) in [6.07, 6.45) is 25.4. The van der Waals surface area contributed by atoms with E-state index >= 15 is 0 Å². The van der Waals surface area contributed by atoms with Gasteiger partial charge < -0.3 is 21.3 Å². The Balaban J connectivity index is 0.689. The minimum atomic E-state index is 0.272. The van der Waals surface area contributed by atoms with Gasteiger partial charge >= 0.3 is 0 Å². The Morgan fingerprint density at radius 2 is 0.762 bits per heavy atom. The van der Waals surface area contributed by atoms with Crippen molar-refractivity contribution in [2.45, 2.75) is 128 Å². The summed E-state index contributed by atoms with van der Waals surface area (Å²) in [4.78, 5) is 24.9. The lowest BCUT2D eigenvalue weighted by atomic mass is 9.48. The molecule has 6 heteroatoms. The third-order valence-corrected chi connectivity index (χ3v) is 12.8. The molecular weight excluding hydrogens is 520 g/mol. The van der Waals surface area contributed by atoms with Gasteiger partial charge in [0.15, 0.2) is 0 Å². The van der Waals surface area contributed by atoms with Gasteiger partial charge in [0.2, 0.25) is 11.8 Å². The van der Waals surface area contributed by atoms with Crippen molar-refractivity contribution in [3.05, 3.63) is 0 Å². The third-order valence-electron chi connectivity index (χ3n) is 12.8. The van der Waals surface area contributed by atoms with Gasteiger partial charge in [-0.05, 0) is 188 Å². The van der Waals surface area contributed by atoms with E-state index in [1.54, 1.807) is 0 Å². The van der Waals surface area contributed by atoms with E-state index in [1.807, 2.05) is 0 Å². The molecule has 8 fully saturated rings. The van der Waals surface area contributed by atoms with Crippen LogP contribution in [0.1, 0.15) is 128 Å². The number of unbranched alkanes of at least 4 members (excludes halogenated alkanes) is 1. The Morgan fingerprint density at radius 3 is 1.10 bits per heavy atom. The molecule has 0 radical (unpaired) electrons. The lowest BCUT2D eigenvalue weighted by molar-refractivity contribution is -0.124. The fourth-order valence-corrected chi connectivity index (χ4v) is 11.8. The maximum atomic E-state index is 12.4. The summed E-state index contributed by atoms with van der Waals surface area (Å²) in [6, 6.07) is 0. The molecule has 0 atom stereocenters. The second kappa shape index (κ2) is 14.3. The molecule has 0 saturated heterocycles. The number of nitrogens with one attached hydrogen (secondary N) is 4. The van der Waals surface area contributed by atoms with Crippen molar-refractivity contribution in [3.63, 3.8) is 0 Å². The van der Waals surface area contributed by atoms with E-state index in [9.17, 15) is 9.59 Å². The van der Waals surface area contributed by atoms with Gasteiger partial charge in [-0.2, -0.15) is 0 Å². The minimum Gasteiger partial charge on any atom is -0.356 e. The standard InChI is InChI=1S/C36H62N4O2/c41-33(5-7-35-21-27-15-28(22-35)17-29(16-27)23-35)39-13-3-11-37-9-1-2-10-38-12-4-14-40-34(42)6-8-36-24-30-18-31(25-36)20-32(19-30)26-36/h27-32,37-38H,1-26H2,(H,39,41)(H,40,42). The zero-order chi connectivity index (χ0) is 28.8. The molecule has 238 valence electrons. The molecule has 8 rings (SSSR count). The molecule has 8 bridgehead atoms. The first kappa shape index (κ1) is 30.9. The average molecular weight is 583 g/mol. The van der Waals surface area contributed by atoms with Crippen molar-refractivity contribution >= 4 is 11.8 Å². The van der Waals surface area contributed by atoms with E-state index in [4.69, 9.17) is 0 Å². The average Bonchev–Trinajstić information content (AvgIpc) is 2.94. The van der Waals surface area contributed by atoms with Crippen LogP contribution in [-0.4, -0.2) is 51.1 Å². The lowest BCUT2D eigenvalue weighted by Crippen LogP contribution is -2.46. The Kier molecular flexibility index (Phi) is 10.5. The maximum absolute atomic E-state index is 12.4. The molecule has 0 heterocycles. The van der Waals surface area contributed by atoms with Crippen LogP contribution in [0.2, 0.25) is 0 Å². The van der Waals surface area contributed by atoms with Gasteiger partial charge in [-0.3, -0.25) is 9.59 Å². The smallest absolute Gasteiger partial charge is 0.220 e. The van der Waals surface area contributed by atoms with Crippen LogP contribution in [0, 0.1) is 46.3 Å². The normalized spacial score (nSPS) is 37.3. The third kappa shape index (κ3) is 8.31. The molecule has 4 N–H and O–H groups in total. The number of rotatable bonds is 19. The molecule has 0 aromatic carbocycles. The van der Waals surface area contributed by atoms with E-state index in [2.05, 4.69) is 21.3 Å². The van der Waals surface area contributed by atoms with Gasteiger partial charge in [0.1, 0.15) is 0 Å². The molecule has 8 saturated carbocycles. The summed E-state index contributed by atoms with van der Waals surface area (Å²) in [5.74, 6) is 6.41. The zero-order valence-corrected chi connectivity index (χ0v) is 26.7. The van der Waals surface area contributed by atoms with Gasteiger partial charge in [0.25, 0.3) is 0 Å². The van der Waals surface area contributed by atoms with Gasteiger partial charge in [-0.1, -0.05) is 0 Å². The molecular formula is C36H62N4O2. The van der Waals surface area contributed by atoms with Gasteiger partial charge in [-0.25, -0.2) is 0 Å². The van der Waals surface area contributed by atoms with E-state index in [1.165, 1.54) is 89.9 Å². The van der Waals surface area contributed by atoms with Crippen molar-refractivity contribution in [1.82, 2.24) is 21.3 Å². The number of hydrogen-bond acceptors (Lipinski definition) is 4. The molecule has 0 spiro atoms. The topological polar surface area (TPSA) is 82.3 Å². The number of carbonyl (C=O) groups excluding carboxylic acids is 2. The largest absolute Gasteiger partial charge is 0.356 e. The number of carbonyl (C=O) groups is 2. The van der Waals surface area contributed by atoms with Crippen LogP contribution in [0.4, 0.5) is 0 Å². The van der Waals surface area contributed by atoms with E-state index in [0.29, 0.717) is 10.8 Å². The van der Waals surface area contributed by atoms with Gasteiger partial charge in [0.05, 0.1) is 0 Å². The molecule has 8 aliphatic carbocycles. The fourth-order valence-electron chi connectivity index (χ4n) is 11.8. The quantitative estimate of drug-likeness (QED) is 0.142. The van der Waals surface area contributed by atoms with Crippen LogP contribution >= 0.6 is 0 Å². The summed E-state index contributed by atoms with van der Waals surface area (Å²) < 4.78 is 0. The molecule has 0 unspecified atom stereocenters. The minimum absolute atomic E-state index is 0.272. The first-order valence-electron chi connectivity index (χ1n) is 18.4. The van der Waals surface area contributed by atoms with Crippen molar-refractivity contribution in [1.29, 1.82) is 0 Å². The molecule has 0 aromatic heterocycles. The molecule has 0 aromatic rings. The first-order valence-corrected chi connectivity index (χ1v) is 18.4. The van der Waals surface area contributed by atoms with Crippen molar-refractivity contribution in [3.8, 4) is 0 Å². The summed E-state index contributed by atoms with van der Waals surface area (Å²) >= 11 is 0. The van der Waals surface area contributed by atoms with Gasteiger partial charge in [0, 0.05) is 25.9 Å². The predicted octanol–water partition coefficient (Wildman–Crippen LogP) is 5.95. The Bertz CT molecular complexity index is 760. The molecule has 0 aliphatic heterocycles. The highest BCUT2D eigenvalue weighted by molar-refractivity contribution is 5.76. The summed E-state index contributed by atoms with van der Waals surface area (Å²) in [6.45, 7) is 5.64. The Morgan fingerprint density at radius 1 is 0.452 bits per heavy atom. The summed E-state index contributed by atoms with van der Waals surface area (Å²) in [5.41, 5.74) is 1.04. The number of hydrogen-bond donors (Lipinski definition) is 4. The van der Waals surface area contributed by atoms with Crippen LogP contribution in [0.25, 0.3) is 0 Å². The monoisotopic (exact) mass is 582 g/mol. The summed E-state index contributed by atoms with van der Waals surface area (Å²) in [5, 5.41) is 13.4. The number of amides is 2. The molecule has 42 heavy (non-hydrogen) atoms. The summed E-state index contributed by atoms with van der Waals surface area (Å²) in [7, 11) is 0. The van der Waals surface area contributed by atoms with E-state index in [0.717, 1.165) is 113 Å². The molecule has 6 nitrogen and oxygen atoms in total. The highest BCUT2D eigenvalue weighted by atomic mass is 16.2. The molecule has 8 aliphatic rings. The fraction of sp³-hybridized carbons (Fsp3) is 0.944. The lowest BCUT2D eigenvalue weighted by Gasteiger charge is -2.57. The first-order chi connectivity index (χ1) is 20.5. The van der Waals surface area contributed by atoms with Crippen LogP contribution in [0.5, 0.6) is 0 Å². The van der Waals surface area contributed by atoms with Crippen LogP contribution in [0.3, 0.4) is 0 Å². The second-order valence-corrected chi connectivity index (χ2v) is 16.4. The van der Waals surface area contributed by atoms with Crippen molar-refractivity contribution < 1.29 is 9.59 Å². The zero-order valence-electron chi connectivity index (χ0n) is 26.7. The van der Waals surface area contributed by atoms with Crippen LogP contribution < -0.4 is 21.3 Å². The Labute approximate surface area is 256 Å². The second-order valence-electron chi connectivity index (χ2n) is 16.4. The van der Waals surface area contributed by atoms with Crippen molar-refractivity contribution in [2.75, 3.05) is 39.3 Å². The Hall–Kier alpha value is -1.14. The van der Waals surface area contributed by atoms with Crippen LogP contribution in [0.15, 0.2) is 0 Å². The predicted molar refractivity (Wildman–Crippen MR) is 170 cm³/mol. The molecule has 2 amide bonds.